The molecule has 118 valence electrons. The number of fused-ring (bicyclic) bond motifs is 1. The number of aromatic amines is 1. The number of nitrogens with one attached hydrogen (secondary N) is 1. The normalized spacial score (nSPS) is 10.8. The first-order chi connectivity index (χ1) is 11.8. The van der Waals surface area contributed by atoms with Gasteiger partial charge < -0.3 is 4.74 Å². The van der Waals surface area contributed by atoms with E-state index in [2.05, 4.69) is 27.6 Å². The number of H-pyrrole nitrogens is 1. The molecule has 0 aliphatic carbocycles. The van der Waals surface area contributed by atoms with Crippen LogP contribution in [0.4, 0.5) is 0 Å². The lowest BCUT2D eigenvalue weighted by molar-refractivity contribution is 0.306. The van der Waals surface area contributed by atoms with Crippen LogP contribution in [0.25, 0.3) is 22.2 Å². The Morgan fingerprint density at radius 2 is 1.83 bits per heavy atom. The fourth-order valence-electron chi connectivity index (χ4n) is 2.59. The molecular weight excluding hydrogens is 320 g/mol. The maximum absolute atomic E-state index is 11.2. The van der Waals surface area contributed by atoms with E-state index >= 15 is 0 Å². The van der Waals surface area contributed by atoms with E-state index in [9.17, 15) is 4.79 Å². The van der Waals surface area contributed by atoms with E-state index in [0.717, 1.165) is 33.8 Å². The van der Waals surface area contributed by atoms with Gasteiger partial charge in [0.2, 0.25) is 0 Å². The smallest absolute Gasteiger partial charge is 0.323 e. The van der Waals surface area contributed by atoms with Crippen molar-refractivity contribution in [2.24, 2.45) is 0 Å². The Kier molecular flexibility index (Phi) is 3.84. The first-order valence-electron chi connectivity index (χ1n) is 7.55. The Morgan fingerprint density at radius 3 is 2.67 bits per heavy atom. The largest absolute Gasteiger partial charge is 0.489 e. The molecule has 5 heteroatoms. The Hall–Kier alpha value is -2.92. The highest BCUT2D eigenvalue weighted by Gasteiger charge is 2.04. The van der Waals surface area contributed by atoms with Crippen molar-refractivity contribution in [1.29, 1.82) is 0 Å². The molecule has 0 bridgehead atoms. The molecule has 1 heterocycles. The van der Waals surface area contributed by atoms with E-state index < -0.39 is 0 Å². The molecule has 0 atom stereocenters. The zero-order valence-corrected chi connectivity index (χ0v) is 13.5. The number of nitrogens with zero attached hydrogens (tertiary/aromatic N) is 1. The van der Waals surface area contributed by atoms with Gasteiger partial charge in [-0.3, -0.25) is 9.78 Å². The maximum atomic E-state index is 11.2. The molecule has 0 radical (unpaired) electrons. The van der Waals surface area contributed by atoms with Crippen molar-refractivity contribution in [1.82, 2.24) is 9.36 Å². The summed E-state index contributed by atoms with van der Waals surface area (Å²) >= 11 is 0.924. The number of hydrogen-bond acceptors (Lipinski definition) is 4. The fourth-order valence-corrected chi connectivity index (χ4v) is 3.05. The van der Waals surface area contributed by atoms with Crippen LogP contribution >= 0.6 is 11.5 Å². The Bertz CT molecular complexity index is 1050. The number of aromatic nitrogens is 2. The van der Waals surface area contributed by atoms with Crippen molar-refractivity contribution in [3.8, 4) is 17.1 Å². The Labute approximate surface area is 142 Å². The average Bonchev–Trinajstić information content (AvgIpc) is 3.06. The first kappa shape index (κ1) is 14.7. The van der Waals surface area contributed by atoms with Crippen molar-refractivity contribution in [3.05, 3.63) is 82.0 Å². The second-order valence-electron chi connectivity index (χ2n) is 5.44. The fraction of sp³-hybridized carbons (Fsp3) is 0.0526. The predicted octanol–water partition coefficient (Wildman–Crippen LogP) is 4.23. The lowest BCUT2D eigenvalue weighted by Crippen LogP contribution is -1.97. The second kappa shape index (κ2) is 6.29. The van der Waals surface area contributed by atoms with Gasteiger partial charge in [0.15, 0.2) is 5.82 Å². The summed E-state index contributed by atoms with van der Waals surface area (Å²) in [5.74, 6) is 1.43. The molecule has 0 aliphatic rings. The molecule has 1 N–H and O–H groups in total. The van der Waals surface area contributed by atoms with Crippen LogP contribution in [0.1, 0.15) is 5.56 Å². The molecule has 4 nitrogen and oxygen atoms in total. The summed E-state index contributed by atoms with van der Waals surface area (Å²) in [4.78, 5) is 13.8. The molecule has 0 aliphatic heterocycles. The molecule has 0 saturated carbocycles. The quantitative estimate of drug-likeness (QED) is 0.607. The maximum Gasteiger partial charge on any atom is 0.323 e. The number of ether oxygens (including phenoxy) is 1. The van der Waals surface area contributed by atoms with Crippen molar-refractivity contribution in [3.63, 3.8) is 0 Å². The molecule has 0 amide bonds. The van der Waals surface area contributed by atoms with Crippen molar-refractivity contribution >= 4 is 22.3 Å². The van der Waals surface area contributed by atoms with Crippen LogP contribution in [0.3, 0.4) is 0 Å². The molecule has 3 aromatic carbocycles. The van der Waals surface area contributed by atoms with Gasteiger partial charge in [0, 0.05) is 17.1 Å². The van der Waals surface area contributed by atoms with Crippen LogP contribution in [-0.4, -0.2) is 9.36 Å². The highest BCUT2D eigenvalue weighted by Crippen LogP contribution is 2.22. The minimum atomic E-state index is -0.150. The minimum Gasteiger partial charge on any atom is -0.489 e. The summed E-state index contributed by atoms with van der Waals surface area (Å²) in [6, 6.07) is 22.1. The van der Waals surface area contributed by atoms with Crippen molar-refractivity contribution in [2.45, 2.75) is 6.61 Å². The number of hydrogen-bond donors (Lipinski definition) is 1. The SMILES string of the molecule is O=c1[nH]c(-c2cccc(COc3ccc4ccccc4c3)c2)ns1. The molecule has 0 spiro atoms. The third-order valence-electron chi connectivity index (χ3n) is 3.77. The van der Waals surface area contributed by atoms with Crippen molar-refractivity contribution in [2.75, 3.05) is 0 Å². The molecular formula is C19H14N2O2S. The van der Waals surface area contributed by atoms with Gasteiger partial charge in [-0.1, -0.05) is 48.5 Å². The first-order valence-corrected chi connectivity index (χ1v) is 8.32. The molecule has 24 heavy (non-hydrogen) atoms. The monoisotopic (exact) mass is 334 g/mol. The van der Waals surface area contributed by atoms with Gasteiger partial charge in [0.25, 0.3) is 0 Å². The second-order valence-corrected chi connectivity index (χ2v) is 6.18. The zero-order valence-electron chi connectivity index (χ0n) is 12.7. The Balaban J connectivity index is 1.53. The third kappa shape index (κ3) is 3.07. The van der Waals surface area contributed by atoms with Crippen LogP contribution in [0, 0.1) is 0 Å². The van der Waals surface area contributed by atoms with E-state index in [1.54, 1.807) is 0 Å². The molecule has 0 unspecified atom stereocenters. The van der Waals surface area contributed by atoms with Gasteiger partial charge in [-0.25, -0.2) is 0 Å². The molecule has 0 fully saturated rings. The predicted molar refractivity (Wildman–Crippen MR) is 96.5 cm³/mol. The number of rotatable bonds is 4. The highest BCUT2D eigenvalue weighted by atomic mass is 32.1. The highest BCUT2D eigenvalue weighted by molar-refractivity contribution is 7.03. The third-order valence-corrected chi connectivity index (χ3v) is 4.31. The van der Waals surface area contributed by atoms with Crippen LogP contribution in [0.15, 0.2) is 71.5 Å². The Morgan fingerprint density at radius 1 is 0.958 bits per heavy atom. The standard InChI is InChI=1S/C19H14N2O2S/c22-19-20-18(21-24-19)16-7-3-4-13(10-16)12-23-17-9-8-14-5-1-2-6-15(14)11-17/h1-11H,12H2,(H,20,21,22). The molecule has 4 rings (SSSR count). The summed E-state index contributed by atoms with van der Waals surface area (Å²) in [7, 11) is 0. The van der Waals surface area contributed by atoms with Gasteiger partial charge >= 0.3 is 4.87 Å². The number of benzene rings is 3. The summed E-state index contributed by atoms with van der Waals surface area (Å²) in [5.41, 5.74) is 1.91. The average molecular weight is 334 g/mol. The van der Waals surface area contributed by atoms with E-state index in [-0.39, 0.29) is 4.87 Å². The molecule has 4 aromatic rings. The topological polar surface area (TPSA) is 55.0 Å². The van der Waals surface area contributed by atoms with Crippen LogP contribution in [-0.2, 0) is 6.61 Å². The molecule has 0 saturated heterocycles. The van der Waals surface area contributed by atoms with Gasteiger partial charge in [-0.15, -0.1) is 0 Å². The zero-order chi connectivity index (χ0) is 16.4. The van der Waals surface area contributed by atoms with Crippen LogP contribution < -0.4 is 9.61 Å². The van der Waals surface area contributed by atoms with Crippen LogP contribution in [0.5, 0.6) is 5.75 Å². The lowest BCUT2D eigenvalue weighted by atomic mass is 10.1. The van der Waals surface area contributed by atoms with Crippen LogP contribution in [0.2, 0.25) is 0 Å². The van der Waals surface area contributed by atoms with Gasteiger partial charge in [0.1, 0.15) is 12.4 Å². The lowest BCUT2D eigenvalue weighted by Gasteiger charge is -2.08. The van der Waals surface area contributed by atoms with Crippen molar-refractivity contribution < 1.29 is 4.74 Å². The minimum absolute atomic E-state index is 0.150. The van der Waals surface area contributed by atoms with E-state index in [1.165, 1.54) is 5.39 Å². The van der Waals surface area contributed by atoms with Gasteiger partial charge in [-0.05, 0) is 34.5 Å². The summed E-state index contributed by atoms with van der Waals surface area (Å²) in [5, 5.41) is 2.35. The molecule has 1 aromatic heterocycles. The summed E-state index contributed by atoms with van der Waals surface area (Å²) in [6.07, 6.45) is 0. The van der Waals surface area contributed by atoms with Gasteiger partial charge in [0.05, 0.1) is 0 Å². The van der Waals surface area contributed by atoms with Gasteiger partial charge in [-0.2, -0.15) is 4.37 Å². The summed E-state index contributed by atoms with van der Waals surface area (Å²) in [6.45, 7) is 0.459. The van der Waals surface area contributed by atoms with E-state index in [0.29, 0.717) is 12.4 Å². The van der Waals surface area contributed by atoms with E-state index in [4.69, 9.17) is 4.74 Å². The summed E-state index contributed by atoms with van der Waals surface area (Å²) < 4.78 is 10.0. The van der Waals surface area contributed by atoms with E-state index in [1.807, 2.05) is 48.5 Å².